The van der Waals surface area contributed by atoms with Crippen molar-refractivity contribution < 1.29 is 23.1 Å². The van der Waals surface area contributed by atoms with E-state index in [0.717, 1.165) is 55.7 Å². The number of rotatable bonds is 5. The first kappa shape index (κ1) is 24.6. The number of aromatic amines is 1. The van der Waals surface area contributed by atoms with Gasteiger partial charge in [0.05, 0.1) is 21.6 Å². The van der Waals surface area contributed by atoms with Crippen molar-refractivity contribution in [2.24, 2.45) is 11.8 Å². The number of nitrogens with zero attached hydrogens (tertiary/aromatic N) is 1. The second kappa shape index (κ2) is 9.77. The Morgan fingerprint density at radius 1 is 1.03 bits per heavy atom. The van der Waals surface area contributed by atoms with Crippen molar-refractivity contribution in [2.45, 2.75) is 51.1 Å². The maximum atomic E-state index is 13.2. The first-order valence-corrected chi connectivity index (χ1v) is 12.5. The molecule has 1 fully saturated rings. The molecular formula is C28H26ClF3N2O2. The van der Waals surface area contributed by atoms with Crippen molar-refractivity contribution in [3.05, 3.63) is 70.3 Å². The second-order valence-corrected chi connectivity index (χ2v) is 10.2. The summed E-state index contributed by atoms with van der Waals surface area (Å²) in [5, 5.41) is 8.65. The Labute approximate surface area is 211 Å². The standard InChI is InChI=1S/C28H26ClF3N2O2/c29-23-15-25-24(14-22(23)28(30,31)32)33-27(34-25)21-11-9-20(10-12-21)19-7-5-18(6-8-19)17-3-1-16(2-4-17)13-26(35)36/h5,7,9-12,14-17H,1-4,6,8,13H2,(H,33,34)(H,35,36). The topological polar surface area (TPSA) is 66.0 Å². The molecule has 0 saturated heterocycles. The van der Waals surface area contributed by atoms with Crippen molar-refractivity contribution in [3.8, 4) is 11.4 Å². The van der Waals surface area contributed by atoms with Crippen LogP contribution in [0.2, 0.25) is 5.02 Å². The zero-order valence-electron chi connectivity index (χ0n) is 19.5. The summed E-state index contributed by atoms with van der Waals surface area (Å²) in [6, 6.07) is 10.1. The molecule has 188 valence electrons. The number of allylic oxidation sites excluding steroid dienone is 4. The molecule has 1 aromatic heterocycles. The first-order chi connectivity index (χ1) is 17.2. The molecule has 4 nitrogen and oxygen atoms in total. The lowest BCUT2D eigenvalue weighted by Gasteiger charge is -2.30. The van der Waals surface area contributed by atoms with E-state index < -0.39 is 17.7 Å². The summed E-state index contributed by atoms with van der Waals surface area (Å²) < 4.78 is 39.5. The van der Waals surface area contributed by atoms with Gasteiger partial charge in [0, 0.05) is 12.0 Å². The highest BCUT2D eigenvalue weighted by molar-refractivity contribution is 6.32. The molecule has 0 unspecified atom stereocenters. The molecular weight excluding hydrogens is 489 g/mol. The Kier molecular flexibility index (Phi) is 6.68. The molecule has 0 bridgehead atoms. The van der Waals surface area contributed by atoms with E-state index in [4.69, 9.17) is 16.7 Å². The van der Waals surface area contributed by atoms with Crippen LogP contribution in [0.1, 0.15) is 56.1 Å². The molecule has 0 amide bonds. The summed E-state index contributed by atoms with van der Waals surface area (Å²) in [7, 11) is 0. The summed E-state index contributed by atoms with van der Waals surface area (Å²) >= 11 is 5.83. The molecule has 5 rings (SSSR count). The van der Waals surface area contributed by atoms with Gasteiger partial charge in [0.25, 0.3) is 0 Å². The van der Waals surface area contributed by atoms with E-state index in [-0.39, 0.29) is 17.0 Å². The molecule has 36 heavy (non-hydrogen) atoms. The normalized spacial score (nSPS) is 20.8. The fraction of sp³-hybridized carbons (Fsp3) is 0.357. The number of benzene rings is 2. The minimum Gasteiger partial charge on any atom is -0.481 e. The molecule has 8 heteroatoms. The van der Waals surface area contributed by atoms with Crippen LogP contribution in [0.25, 0.3) is 28.0 Å². The van der Waals surface area contributed by atoms with Crippen molar-refractivity contribution in [1.29, 1.82) is 0 Å². The van der Waals surface area contributed by atoms with E-state index in [0.29, 0.717) is 23.2 Å². The minimum absolute atomic E-state index is 0.280. The average molecular weight is 515 g/mol. The van der Waals surface area contributed by atoms with Crippen molar-refractivity contribution in [1.82, 2.24) is 9.97 Å². The number of carboxylic acids is 1. The molecule has 1 saturated carbocycles. The van der Waals surface area contributed by atoms with Gasteiger partial charge < -0.3 is 10.1 Å². The third-order valence-electron chi connectivity index (χ3n) is 7.42. The van der Waals surface area contributed by atoms with E-state index in [1.165, 1.54) is 17.2 Å². The first-order valence-electron chi connectivity index (χ1n) is 12.2. The Hall–Kier alpha value is -3.06. The van der Waals surface area contributed by atoms with Gasteiger partial charge in [0.1, 0.15) is 5.82 Å². The van der Waals surface area contributed by atoms with E-state index in [9.17, 15) is 18.0 Å². The van der Waals surface area contributed by atoms with Gasteiger partial charge >= 0.3 is 12.1 Å². The quantitative estimate of drug-likeness (QED) is 0.360. The molecule has 0 spiro atoms. The van der Waals surface area contributed by atoms with Crippen LogP contribution in [0, 0.1) is 11.8 Å². The molecule has 0 radical (unpaired) electrons. The number of aromatic nitrogens is 2. The molecule has 2 aromatic carbocycles. The van der Waals surface area contributed by atoms with Crippen LogP contribution in [0.3, 0.4) is 0 Å². The van der Waals surface area contributed by atoms with Gasteiger partial charge in [0.2, 0.25) is 0 Å². The number of alkyl halides is 3. The Bertz CT molecular complexity index is 1350. The maximum Gasteiger partial charge on any atom is 0.417 e. The van der Waals surface area contributed by atoms with Gasteiger partial charge in [-0.2, -0.15) is 13.2 Å². The van der Waals surface area contributed by atoms with Gasteiger partial charge in [-0.05, 0) is 73.6 Å². The van der Waals surface area contributed by atoms with Crippen molar-refractivity contribution in [2.75, 3.05) is 0 Å². The predicted octanol–water partition coefficient (Wildman–Crippen LogP) is 8.29. The van der Waals surface area contributed by atoms with Crippen LogP contribution >= 0.6 is 11.6 Å². The number of carbonyl (C=O) groups is 1. The SMILES string of the molecule is O=C(O)CC1CCC(C2=CC=C(c3ccc(-c4nc5cc(Cl)c(C(F)(F)F)cc5[nH]4)cc3)CC2)CC1. The van der Waals surface area contributed by atoms with Gasteiger partial charge in [-0.25, -0.2) is 4.98 Å². The number of hydrogen-bond donors (Lipinski definition) is 2. The van der Waals surface area contributed by atoms with Crippen molar-refractivity contribution in [3.63, 3.8) is 0 Å². The third kappa shape index (κ3) is 5.21. The van der Waals surface area contributed by atoms with Crippen LogP contribution in [0.15, 0.2) is 54.1 Å². The zero-order chi connectivity index (χ0) is 25.4. The molecule has 3 aromatic rings. The Balaban J connectivity index is 1.28. The molecule has 0 atom stereocenters. The van der Waals surface area contributed by atoms with E-state index in [2.05, 4.69) is 22.1 Å². The smallest absolute Gasteiger partial charge is 0.417 e. The van der Waals surface area contributed by atoms with Crippen LogP contribution in [-0.4, -0.2) is 21.0 Å². The third-order valence-corrected chi connectivity index (χ3v) is 7.73. The van der Waals surface area contributed by atoms with Gasteiger partial charge in [-0.1, -0.05) is 53.6 Å². The second-order valence-electron chi connectivity index (χ2n) is 9.76. The molecule has 2 aliphatic carbocycles. The van der Waals surface area contributed by atoms with Crippen LogP contribution in [0.4, 0.5) is 13.2 Å². The number of aliphatic carboxylic acids is 1. The Morgan fingerprint density at radius 3 is 2.33 bits per heavy atom. The van der Waals surface area contributed by atoms with E-state index in [1.54, 1.807) is 0 Å². The monoisotopic (exact) mass is 514 g/mol. The number of imidazole rings is 1. The zero-order valence-corrected chi connectivity index (χ0v) is 20.3. The van der Waals surface area contributed by atoms with Crippen molar-refractivity contribution >= 4 is 34.2 Å². The summed E-state index contributed by atoms with van der Waals surface area (Å²) in [5.74, 6) is 0.650. The lowest BCUT2D eigenvalue weighted by molar-refractivity contribution is -0.138. The molecule has 2 aliphatic rings. The lowest BCUT2D eigenvalue weighted by Crippen LogP contribution is -2.19. The summed E-state index contributed by atoms with van der Waals surface area (Å²) in [6.45, 7) is 0. The van der Waals surface area contributed by atoms with Gasteiger partial charge in [-0.15, -0.1) is 0 Å². The summed E-state index contributed by atoms with van der Waals surface area (Å²) in [4.78, 5) is 18.4. The Morgan fingerprint density at radius 2 is 1.72 bits per heavy atom. The lowest BCUT2D eigenvalue weighted by atomic mass is 9.75. The highest BCUT2D eigenvalue weighted by atomic mass is 35.5. The fourth-order valence-electron chi connectivity index (χ4n) is 5.45. The molecule has 1 heterocycles. The number of nitrogens with one attached hydrogen (secondary N) is 1. The minimum atomic E-state index is -4.53. The van der Waals surface area contributed by atoms with Gasteiger partial charge in [0.15, 0.2) is 0 Å². The van der Waals surface area contributed by atoms with Crippen LogP contribution < -0.4 is 0 Å². The maximum absolute atomic E-state index is 13.2. The number of hydrogen-bond acceptors (Lipinski definition) is 2. The average Bonchev–Trinajstić information content (AvgIpc) is 3.26. The van der Waals surface area contributed by atoms with Crippen LogP contribution in [0.5, 0.6) is 0 Å². The number of carboxylic acid groups (broad SMARTS) is 1. The van der Waals surface area contributed by atoms with Crippen LogP contribution in [-0.2, 0) is 11.0 Å². The molecule has 0 aliphatic heterocycles. The number of fused-ring (bicyclic) bond motifs is 1. The highest BCUT2D eigenvalue weighted by Gasteiger charge is 2.34. The molecule has 2 N–H and O–H groups in total. The number of halogens is 4. The van der Waals surface area contributed by atoms with E-state index >= 15 is 0 Å². The highest BCUT2D eigenvalue weighted by Crippen LogP contribution is 2.40. The predicted molar refractivity (Wildman–Crippen MR) is 135 cm³/mol. The van der Waals surface area contributed by atoms with E-state index in [1.807, 2.05) is 24.3 Å². The summed E-state index contributed by atoms with van der Waals surface area (Å²) in [6.07, 6.45) is 6.22. The van der Waals surface area contributed by atoms with Gasteiger partial charge in [-0.3, -0.25) is 4.79 Å². The largest absolute Gasteiger partial charge is 0.481 e. The summed E-state index contributed by atoms with van der Waals surface area (Å²) in [5.41, 5.74) is 4.39. The fourth-order valence-corrected chi connectivity index (χ4v) is 5.71. The number of H-pyrrole nitrogens is 1.